The van der Waals surface area contributed by atoms with Gasteiger partial charge in [-0.15, -0.1) is 0 Å². The fraction of sp³-hybridized carbons (Fsp3) is 0.889. The van der Waals surface area contributed by atoms with Crippen molar-refractivity contribution in [2.45, 2.75) is 51.9 Å². The largest absolute Gasteiger partial charge is 0.456 e. The first-order valence-electron chi connectivity index (χ1n) is 4.50. The van der Waals surface area contributed by atoms with E-state index in [1.165, 1.54) is 0 Å². The molecule has 0 bridgehead atoms. The van der Waals surface area contributed by atoms with Gasteiger partial charge in [0, 0.05) is 6.42 Å². The summed E-state index contributed by atoms with van der Waals surface area (Å²) in [5, 5.41) is 0. The van der Waals surface area contributed by atoms with Crippen LogP contribution >= 0.6 is 0 Å². The number of carbonyl (C=O) groups is 1. The molecule has 4 nitrogen and oxygen atoms in total. The van der Waals surface area contributed by atoms with Gasteiger partial charge >= 0.3 is 11.8 Å². The van der Waals surface area contributed by atoms with Crippen LogP contribution in [0.5, 0.6) is 0 Å². The molecule has 0 unspecified atom stereocenters. The van der Waals surface area contributed by atoms with Crippen molar-refractivity contribution in [1.82, 2.24) is 0 Å². The van der Waals surface area contributed by atoms with E-state index in [9.17, 15) is 4.79 Å². The molecule has 0 atom stereocenters. The highest BCUT2D eigenvalue weighted by atomic mass is 17.4. The van der Waals surface area contributed by atoms with Gasteiger partial charge in [-0.25, -0.2) is 4.79 Å². The third kappa shape index (κ3) is 2.67. The zero-order valence-electron chi connectivity index (χ0n) is 8.55. The summed E-state index contributed by atoms with van der Waals surface area (Å²) in [5.41, 5.74) is -0.493. The number of hydrogen-bond acceptors (Lipinski definition) is 4. The van der Waals surface area contributed by atoms with E-state index in [-0.39, 0.29) is 0 Å². The van der Waals surface area contributed by atoms with Crippen LogP contribution in [0.1, 0.15) is 40.5 Å². The van der Waals surface area contributed by atoms with E-state index in [1.807, 2.05) is 27.7 Å². The van der Waals surface area contributed by atoms with E-state index in [4.69, 9.17) is 4.74 Å². The van der Waals surface area contributed by atoms with E-state index in [2.05, 4.69) is 9.78 Å². The fourth-order valence-electron chi connectivity index (χ4n) is 0.989. The van der Waals surface area contributed by atoms with E-state index in [0.717, 1.165) is 6.42 Å². The van der Waals surface area contributed by atoms with Crippen molar-refractivity contribution in [2.75, 3.05) is 0 Å². The number of hydrogen-bond donors (Lipinski definition) is 0. The second kappa shape index (κ2) is 3.27. The van der Waals surface area contributed by atoms with Crippen LogP contribution in [0.4, 0.5) is 0 Å². The smallest absolute Gasteiger partial charge is 0.373 e. The monoisotopic (exact) mass is 188 g/mol. The van der Waals surface area contributed by atoms with Gasteiger partial charge in [0.05, 0.1) is 0 Å². The molecular formula is C9H16O4. The van der Waals surface area contributed by atoms with Crippen LogP contribution in [-0.4, -0.2) is 17.4 Å². The van der Waals surface area contributed by atoms with Gasteiger partial charge < -0.3 is 4.74 Å². The van der Waals surface area contributed by atoms with Gasteiger partial charge in [0.15, 0.2) is 0 Å². The average molecular weight is 188 g/mol. The van der Waals surface area contributed by atoms with Gasteiger partial charge in [-0.3, -0.25) is 0 Å². The molecule has 0 radical (unpaired) electrons. The number of esters is 1. The Labute approximate surface area is 78.1 Å². The van der Waals surface area contributed by atoms with E-state index in [0.29, 0.717) is 6.42 Å². The van der Waals surface area contributed by atoms with Crippen LogP contribution in [0.15, 0.2) is 0 Å². The molecule has 0 amide bonds. The maximum atomic E-state index is 11.5. The van der Waals surface area contributed by atoms with Crippen LogP contribution in [0.3, 0.4) is 0 Å². The van der Waals surface area contributed by atoms with Gasteiger partial charge in [0.25, 0.3) is 0 Å². The SMILES string of the molecule is CCCC1(C(=O)OC(C)(C)C)OO1. The molecule has 1 fully saturated rings. The maximum absolute atomic E-state index is 11.5. The van der Waals surface area contributed by atoms with Crippen molar-refractivity contribution >= 4 is 5.97 Å². The highest BCUT2D eigenvalue weighted by molar-refractivity contribution is 5.79. The molecule has 1 rings (SSSR count). The average Bonchev–Trinajstić information content (AvgIpc) is 2.66. The van der Waals surface area contributed by atoms with Crippen LogP contribution in [0.2, 0.25) is 0 Å². The first-order chi connectivity index (χ1) is 5.90. The minimum atomic E-state index is -1.10. The predicted octanol–water partition coefficient (Wildman–Crippen LogP) is 1.79. The van der Waals surface area contributed by atoms with Crippen LogP contribution in [0, 0.1) is 0 Å². The minimum Gasteiger partial charge on any atom is -0.456 e. The molecule has 1 aliphatic rings. The molecule has 0 aromatic rings. The number of ether oxygens (including phenoxy) is 1. The molecule has 1 aliphatic heterocycles. The molecule has 4 heteroatoms. The Kier molecular flexibility index (Phi) is 2.63. The normalized spacial score (nSPS) is 19.7. The van der Waals surface area contributed by atoms with Crippen molar-refractivity contribution in [3.63, 3.8) is 0 Å². The van der Waals surface area contributed by atoms with Crippen molar-refractivity contribution in [1.29, 1.82) is 0 Å². The summed E-state index contributed by atoms with van der Waals surface area (Å²) >= 11 is 0. The maximum Gasteiger partial charge on any atom is 0.373 e. The molecule has 0 N–H and O–H groups in total. The second-order valence-electron chi connectivity index (χ2n) is 4.17. The standard InChI is InChI=1S/C9H16O4/c1-5-6-9(12-13-9)7(10)11-8(2,3)4/h5-6H2,1-4H3. The van der Waals surface area contributed by atoms with Crippen molar-refractivity contribution in [3.05, 3.63) is 0 Å². The lowest BCUT2D eigenvalue weighted by molar-refractivity contribution is -0.163. The molecule has 76 valence electrons. The van der Waals surface area contributed by atoms with Crippen LogP contribution in [0.25, 0.3) is 0 Å². The minimum absolute atomic E-state index is 0.429. The van der Waals surface area contributed by atoms with Gasteiger partial charge in [-0.05, 0) is 20.8 Å². The molecular weight excluding hydrogens is 172 g/mol. The molecule has 0 aliphatic carbocycles. The van der Waals surface area contributed by atoms with E-state index in [1.54, 1.807) is 0 Å². The fourth-order valence-corrected chi connectivity index (χ4v) is 0.989. The lowest BCUT2D eigenvalue weighted by atomic mass is 10.1. The summed E-state index contributed by atoms with van der Waals surface area (Å²) in [6.45, 7) is 7.39. The van der Waals surface area contributed by atoms with Gasteiger partial charge in [0.2, 0.25) is 0 Å². The predicted molar refractivity (Wildman–Crippen MR) is 45.7 cm³/mol. The molecule has 0 saturated carbocycles. The van der Waals surface area contributed by atoms with Crippen molar-refractivity contribution in [2.24, 2.45) is 0 Å². The van der Waals surface area contributed by atoms with Crippen molar-refractivity contribution < 1.29 is 19.3 Å². The molecule has 0 aromatic heterocycles. The van der Waals surface area contributed by atoms with Crippen molar-refractivity contribution in [3.8, 4) is 0 Å². The Morgan fingerprint density at radius 2 is 1.92 bits per heavy atom. The lowest BCUT2D eigenvalue weighted by Gasteiger charge is -2.20. The Morgan fingerprint density at radius 1 is 1.38 bits per heavy atom. The Hall–Kier alpha value is -0.610. The molecule has 1 saturated heterocycles. The topological polar surface area (TPSA) is 51.4 Å². The number of carbonyl (C=O) groups excluding carboxylic acids is 1. The van der Waals surface area contributed by atoms with Gasteiger partial charge in [0.1, 0.15) is 5.60 Å². The summed E-state index contributed by atoms with van der Waals surface area (Å²) in [6, 6.07) is 0. The Bertz CT molecular complexity index is 200. The van der Waals surface area contributed by atoms with E-state index >= 15 is 0 Å². The molecule has 0 spiro atoms. The summed E-state index contributed by atoms with van der Waals surface area (Å²) in [4.78, 5) is 20.8. The second-order valence-corrected chi connectivity index (χ2v) is 4.17. The molecule has 1 heterocycles. The van der Waals surface area contributed by atoms with Crippen LogP contribution in [-0.2, 0) is 19.3 Å². The first-order valence-corrected chi connectivity index (χ1v) is 4.50. The quantitative estimate of drug-likeness (QED) is 0.385. The zero-order valence-corrected chi connectivity index (χ0v) is 8.55. The number of rotatable bonds is 3. The third-order valence-electron chi connectivity index (χ3n) is 1.57. The highest BCUT2D eigenvalue weighted by Crippen LogP contribution is 2.36. The summed E-state index contributed by atoms with van der Waals surface area (Å²) in [7, 11) is 0. The Balaban J connectivity index is 2.48. The third-order valence-corrected chi connectivity index (χ3v) is 1.57. The first kappa shape index (κ1) is 10.5. The van der Waals surface area contributed by atoms with E-state index < -0.39 is 17.4 Å². The zero-order chi connectivity index (χ0) is 10.1. The summed E-state index contributed by atoms with van der Waals surface area (Å²) in [6.07, 6.45) is 1.36. The van der Waals surface area contributed by atoms with Gasteiger partial charge in [-0.1, -0.05) is 13.3 Å². The highest BCUT2D eigenvalue weighted by Gasteiger charge is 2.58. The molecule has 0 aromatic carbocycles. The Morgan fingerprint density at radius 3 is 2.23 bits per heavy atom. The summed E-state index contributed by atoms with van der Waals surface area (Å²) < 4.78 is 5.13. The summed E-state index contributed by atoms with van der Waals surface area (Å²) in [5.74, 6) is -1.52. The van der Waals surface area contributed by atoms with Gasteiger partial charge in [-0.2, -0.15) is 9.78 Å². The molecule has 13 heavy (non-hydrogen) atoms. The van der Waals surface area contributed by atoms with Crippen LogP contribution < -0.4 is 0 Å². The lowest BCUT2D eigenvalue weighted by Crippen LogP contribution is -2.33.